The van der Waals surface area contributed by atoms with Crippen molar-refractivity contribution in [3.05, 3.63) is 156 Å². The molecule has 0 saturated heterocycles. The molecule has 0 aromatic heterocycles. The number of fused-ring (bicyclic) bond motifs is 10. The van der Waals surface area contributed by atoms with Crippen LogP contribution in [-0.4, -0.2) is 0 Å². The minimum absolute atomic E-state index is 0.0170. The molecule has 0 spiro atoms. The molecule has 0 atom stereocenters. The van der Waals surface area contributed by atoms with Crippen LogP contribution in [0.1, 0.15) is 78.0 Å². The molecular weight excluding hydrogens is 637 g/mol. The predicted octanol–water partition coefficient (Wildman–Crippen LogP) is 15.7. The Morgan fingerprint density at radius 3 is 1.38 bits per heavy atom. The van der Waals surface area contributed by atoms with Crippen molar-refractivity contribution in [2.45, 2.75) is 72.1 Å². The summed E-state index contributed by atoms with van der Waals surface area (Å²) in [6, 6.07) is 53.4. The van der Waals surface area contributed by atoms with Gasteiger partial charge < -0.3 is 0 Å². The molecule has 0 unspecified atom stereocenters. The first kappa shape index (κ1) is 33.4. The second kappa shape index (κ2) is 12.0. The second-order valence-electron chi connectivity index (χ2n) is 17.5. The Morgan fingerprint density at radius 1 is 0.340 bits per heavy atom. The molecule has 0 amide bonds. The Hall–Kier alpha value is -5.46. The zero-order chi connectivity index (χ0) is 36.8. The lowest BCUT2D eigenvalue weighted by molar-refractivity contribution is 0.591. The van der Waals surface area contributed by atoms with Gasteiger partial charge in [-0.25, -0.2) is 0 Å². The molecule has 53 heavy (non-hydrogen) atoms. The highest BCUT2D eigenvalue weighted by Gasteiger charge is 2.23. The van der Waals surface area contributed by atoms with Gasteiger partial charge in [-0.15, -0.1) is 0 Å². The molecule has 0 radical (unpaired) electrons. The van der Waals surface area contributed by atoms with Crippen LogP contribution in [0, 0.1) is 0 Å². The van der Waals surface area contributed by atoms with Gasteiger partial charge in [-0.2, -0.15) is 0 Å². The third kappa shape index (κ3) is 5.34. The Kier molecular flexibility index (Phi) is 7.58. The van der Waals surface area contributed by atoms with Crippen molar-refractivity contribution in [3.8, 4) is 22.3 Å². The smallest absolute Gasteiger partial charge is 0.00200 e. The average molecular weight is 685 g/mol. The average Bonchev–Trinajstić information content (AvgIpc) is 3.15. The normalized spacial score (nSPS) is 12.7. The van der Waals surface area contributed by atoms with Gasteiger partial charge in [-0.05, 0) is 145 Å². The number of benzene rings is 9. The van der Waals surface area contributed by atoms with Crippen LogP contribution in [0.25, 0.3) is 86.9 Å². The van der Waals surface area contributed by atoms with Gasteiger partial charge in [0.15, 0.2) is 0 Å². The monoisotopic (exact) mass is 684 g/mol. The molecule has 0 bridgehead atoms. The first-order valence-corrected chi connectivity index (χ1v) is 19.3. The van der Waals surface area contributed by atoms with Gasteiger partial charge in [-0.3, -0.25) is 0 Å². The topological polar surface area (TPSA) is 0 Å². The number of hydrogen-bond donors (Lipinski definition) is 0. The standard InChI is InChI=1S/C53H48/c1-32(2)37-20-15-21-40-38(37)26-27-41-43-28-35(52(3,4)5)22-24-39(43)44-30-47-48(31-46(44)51(40)41)49(33-16-11-9-12-17-33)42-25-23-36(53(6,7)8)29-45(42)50(47)34-18-13-10-14-19-34/h9-32H,1-8H3. The zero-order valence-corrected chi connectivity index (χ0v) is 32.4. The lowest BCUT2D eigenvalue weighted by atomic mass is 9.79. The fourth-order valence-electron chi connectivity index (χ4n) is 8.87. The minimum Gasteiger partial charge on any atom is -0.0622 e. The van der Waals surface area contributed by atoms with Crippen LogP contribution < -0.4 is 0 Å². The second-order valence-corrected chi connectivity index (χ2v) is 17.5. The highest BCUT2D eigenvalue weighted by molar-refractivity contribution is 6.35. The largest absolute Gasteiger partial charge is 0.0622 e. The van der Waals surface area contributed by atoms with Crippen LogP contribution >= 0.6 is 0 Å². The van der Waals surface area contributed by atoms with E-state index in [1.165, 1.54) is 104 Å². The van der Waals surface area contributed by atoms with Crippen LogP contribution in [0.3, 0.4) is 0 Å². The summed E-state index contributed by atoms with van der Waals surface area (Å²) in [4.78, 5) is 0. The van der Waals surface area contributed by atoms with Gasteiger partial charge in [0.1, 0.15) is 0 Å². The van der Waals surface area contributed by atoms with E-state index >= 15 is 0 Å². The van der Waals surface area contributed by atoms with E-state index in [-0.39, 0.29) is 10.8 Å². The van der Waals surface area contributed by atoms with Gasteiger partial charge in [0, 0.05) is 0 Å². The summed E-state index contributed by atoms with van der Waals surface area (Å²) < 4.78 is 0. The summed E-state index contributed by atoms with van der Waals surface area (Å²) in [5, 5.41) is 15.8. The minimum atomic E-state index is 0.0170. The first-order valence-electron chi connectivity index (χ1n) is 19.3. The van der Waals surface area contributed by atoms with Crippen LogP contribution in [-0.2, 0) is 10.8 Å². The molecule has 0 heterocycles. The quantitative estimate of drug-likeness (QED) is 0.128. The molecule has 0 aliphatic heterocycles. The number of hydrogen-bond acceptors (Lipinski definition) is 0. The highest BCUT2D eigenvalue weighted by atomic mass is 14.3. The van der Waals surface area contributed by atoms with Gasteiger partial charge in [0.25, 0.3) is 0 Å². The van der Waals surface area contributed by atoms with Gasteiger partial charge >= 0.3 is 0 Å². The van der Waals surface area contributed by atoms with Crippen molar-refractivity contribution in [2.24, 2.45) is 0 Å². The van der Waals surface area contributed by atoms with E-state index in [1.54, 1.807) is 0 Å². The summed E-state index contributed by atoms with van der Waals surface area (Å²) in [6.07, 6.45) is 0. The van der Waals surface area contributed by atoms with Crippen molar-refractivity contribution in [1.82, 2.24) is 0 Å². The molecule has 0 fully saturated rings. The molecule has 0 aliphatic rings. The van der Waals surface area contributed by atoms with Crippen LogP contribution in [0.4, 0.5) is 0 Å². The van der Waals surface area contributed by atoms with Gasteiger partial charge in [0.2, 0.25) is 0 Å². The van der Waals surface area contributed by atoms with Crippen molar-refractivity contribution in [1.29, 1.82) is 0 Å². The van der Waals surface area contributed by atoms with E-state index in [1.807, 2.05) is 0 Å². The van der Waals surface area contributed by atoms with E-state index in [9.17, 15) is 0 Å². The maximum absolute atomic E-state index is 2.55. The van der Waals surface area contributed by atoms with Crippen molar-refractivity contribution >= 4 is 64.6 Å². The molecule has 9 aromatic carbocycles. The van der Waals surface area contributed by atoms with Crippen LogP contribution in [0.5, 0.6) is 0 Å². The van der Waals surface area contributed by atoms with Crippen molar-refractivity contribution < 1.29 is 0 Å². The summed E-state index contributed by atoms with van der Waals surface area (Å²) in [5.74, 6) is 0.429. The van der Waals surface area contributed by atoms with Crippen LogP contribution in [0.15, 0.2) is 140 Å². The molecule has 0 heteroatoms. The van der Waals surface area contributed by atoms with Gasteiger partial charge in [-0.1, -0.05) is 171 Å². The maximum Gasteiger partial charge on any atom is -0.00200 e. The van der Waals surface area contributed by atoms with Crippen molar-refractivity contribution in [2.75, 3.05) is 0 Å². The van der Waals surface area contributed by atoms with E-state index in [0.717, 1.165) is 0 Å². The summed E-state index contributed by atoms with van der Waals surface area (Å²) >= 11 is 0. The lowest BCUT2D eigenvalue weighted by Gasteiger charge is -2.24. The third-order valence-electron chi connectivity index (χ3n) is 11.7. The lowest BCUT2D eigenvalue weighted by Crippen LogP contribution is -2.10. The first-order chi connectivity index (χ1) is 25.4. The zero-order valence-electron chi connectivity index (χ0n) is 32.4. The summed E-state index contributed by atoms with van der Waals surface area (Å²) in [5.41, 5.74) is 9.27. The molecule has 0 aliphatic carbocycles. The van der Waals surface area contributed by atoms with E-state index in [2.05, 4.69) is 195 Å². The Balaban J connectivity index is 1.58. The Bertz CT molecular complexity index is 2890. The van der Waals surface area contributed by atoms with Crippen LogP contribution in [0.2, 0.25) is 0 Å². The molecule has 0 nitrogen and oxygen atoms in total. The molecule has 260 valence electrons. The Morgan fingerprint density at radius 2 is 0.792 bits per heavy atom. The SMILES string of the molecule is CC(C)c1cccc2c1ccc1c3cc(C(C)(C)C)ccc3c3cc4c(-c5ccccc5)c5cc(C(C)(C)C)ccc5c(-c5ccccc5)c4cc3c21. The highest BCUT2D eigenvalue weighted by Crippen LogP contribution is 2.49. The van der Waals surface area contributed by atoms with Crippen molar-refractivity contribution in [3.63, 3.8) is 0 Å². The van der Waals surface area contributed by atoms with Gasteiger partial charge in [0.05, 0.1) is 0 Å². The Labute approximate surface area is 314 Å². The molecule has 9 aromatic rings. The molecule has 0 saturated carbocycles. The predicted molar refractivity (Wildman–Crippen MR) is 234 cm³/mol. The van der Waals surface area contributed by atoms with E-state index < -0.39 is 0 Å². The fraction of sp³-hybridized carbons (Fsp3) is 0.208. The molecule has 9 rings (SSSR count). The molecular formula is C53H48. The number of rotatable bonds is 3. The third-order valence-corrected chi connectivity index (χ3v) is 11.7. The summed E-state index contributed by atoms with van der Waals surface area (Å²) in [6.45, 7) is 18.6. The summed E-state index contributed by atoms with van der Waals surface area (Å²) in [7, 11) is 0. The van der Waals surface area contributed by atoms with E-state index in [0.29, 0.717) is 5.92 Å². The van der Waals surface area contributed by atoms with E-state index in [4.69, 9.17) is 0 Å². The fourth-order valence-corrected chi connectivity index (χ4v) is 8.87. The maximum atomic E-state index is 2.55. The molecule has 0 N–H and O–H groups in total.